The lowest BCUT2D eigenvalue weighted by Crippen LogP contribution is -2.56. The minimum absolute atomic E-state index is 0.0883. The lowest BCUT2D eigenvalue weighted by Gasteiger charge is -2.46. The maximum atomic E-state index is 14.1. The van der Waals surface area contributed by atoms with E-state index < -0.39 is 22.8 Å². The smallest absolute Gasteiger partial charge is 0.327 e. The highest BCUT2D eigenvalue weighted by molar-refractivity contribution is 8.00. The van der Waals surface area contributed by atoms with E-state index in [-0.39, 0.29) is 40.5 Å². The summed E-state index contributed by atoms with van der Waals surface area (Å²) < 4.78 is 5.67. The number of primary amides is 1. The number of hydrogen-bond donors (Lipinski definition) is 3. The molecule has 3 unspecified atom stereocenters. The van der Waals surface area contributed by atoms with Crippen LogP contribution < -0.4 is 11.1 Å². The monoisotopic (exact) mass is 600 g/mol. The lowest BCUT2D eigenvalue weighted by molar-refractivity contribution is -0.155. The number of aliphatic carboxylic acids is 1. The van der Waals surface area contributed by atoms with Gasteiger partial charge in [0, 0.05) is 48.0 Å². The summed E-state index contributed by atoms with van der Waals surface area (Å²) in [6.07, 6.45) is 4.62. The van der Waals surface area contributed by atoms with Crippen molar-refractivity contribution >= 4 is 46.8 Å². The van der Waals surface area contributed by atoms with E-state index in [1.807, 2.05) is 13.8 Å². The standard InChI is InChI=1S/C29H36N4O6S2/c1-3-4-16(2)27(36)33-21(28(37)38)15-40-29(33,19-11-13-39-14-12-19)23-22(32-26(41-23)24(30)34)17-5-7-18(8-6-17)25(35)31-20-9-10-20/h5-8,16,19-21H,3-4,9-15H2,1-2H3,(H2,30,34)(H,31,35)(H,37,38). The Bertz CT molecular complexity index is 1320. The first-order chi connectivity index (χ1) is 19.7. The second kappa shape index (κ2) is 12.1. The molecule has 12 heteroatoms. The average Bonchev–Trinajstić information content (AvgIpc) is 3.51. The number of ether oxygens (including phenoxy) is 1. The molecule has 2 aromatic rings. The minimum atomic E-state index is -1.07. The number of thioether (sulfide) groups is 1. The Hall–Kier alpha value is -2.96. The van der Waals surface area contributed by atoms with E-state index in [4.69, 9.17) is 10.5 Å². The van der Waals surface area contributed by atoms with Gasteiger partial charge in [-0.3, -0.25) is 14.4 Å². The van der Waals surface area contributed by atoms with Crippen LogP contribution in [0.3, 0.4) is 0 Å². The number of carboxylic acid groups (broad SMARTS) is 1. The third-order valence-corrected chi connectivity index (χ3v) is 11.0. The minimum Gasteiger partial charge on any atom is -0.480 e. The molecule has 1 aliphatic carbocycles. The van der Waals surface area contributed by atoms with Gasteiger partial charge in [0.1, 0.15) is 10.9 Å². The Labute approximate surface area is 247 Å². The van der Waals surface area contributed by atoms with Crippen LogP contribution in [-0.4, -0.2) is 69.7 Å². The fraction of sp³-hybridized carbons (Fsp3) is 0.552. The Morgan fingerprint density at radius 1 is 1.17 bits per heavy atom. The zero-order chi connectivity index (χ0) is 29.3. The molecule has 3 amide bonds. The molecule has 0 bridgehead atoms. The fourth-order valence-corrected chi connectivity index (χ4v) is 8.94. The predicted octanol–water partition coefficient (Wildman–Crippen LogP) is 3.85. The van der Waals surface area contributed by atoms with Crippen LogP contribution in [0.1, 0.15) is 77.4 Å². The summed E-state index contributed by atoms with van der Waals surface area (Å²) in [5.41, 5.74) is 7.37. The van der Waals surface area contributed by atoms with E-state index >= 15 is 0 Å². The zero-order valence-electron chi connectivity index (χ0n) is 23.3. The molecule has 220 valence electrons. The van der Waals surface area contributed by atoms with Gasteiger partial charge >= 0.3 is 5.97 Å². The number of aromatic nitrogens is 1. The topological polar surface area (TPSA) is 152 Å². The molecule has 1 saturated carbocycles. The van der Waals surface area contributed by atoms with Crippen LogP contribution in [0.2, 0.25) is 0 Å². The van der Waals surface area contributed by atoms with E-state index in [1.165, 1.54) is 11.8 Å². The summed E-state index contributed by atoms with van der Waals surface area (Å²) in [5.74, 6) is -2.42. The average molecular weight is 601 g/mol. The highest BCUT2D eigenvalue weighted by atomic mass is 32.2. The molecular formula is C29H36N4O6S2. The third-order valence-electron chi connectivity index (χ3n) is 8.07. The van der Waals surface area contributed by atoms with Crippen LogP contribution in [0.4, 0.5) is 0 Å². The SMILES string of the molecule is CCCC(C)C(=O)N1C(C(=O)O)CSC1(c1sc(C(N)=O)nc1-c1ccc(C(=O)NC2CC2)cc1)C1CCOCC1. The van der Waals surface area contributed by atoms with Gasteiger partial charge in [0.05, 0.1) is 10.6 Å². The Kier molecular flexibility index (Phi) is 8.72. The first-order valence-electron chi connectivity index (χ1n) is 14.2. The molecule has 5 rings (SSSR count). The second-order valence-corrected chi connectivity index (χ2v) is 13.3. The number of nitrogens with two attached hydrogens (primary N) is 1. The van der Waals surface area contributed by atoms with Crippen molar-refractivity contribution in [2.24, 2.45) is 17.6 Å². The van der Waals surface area contributed by atoms with Crippen LogP contribution >= 0.6 is 23.1 Å². The number of hydrogen-bond acceptors (Lipinski definition) is 8. The molecule has 1 aromatic carbocycles. The molecule has 4 N–H and O–H groups in total. The Balaban J connectivity index is 1.66. The van der Waals surface area contributed by atoms with Crippen molar-refractivity contribution in [2.75, 3.05) is 19.0 Å². The molecule has 1 aromatic heterocycles. The molecule has 0 radical (unpaired) electrons. The molecule has 3 fully saturated rings. The molecule has 10 nitrogen and oxygen atoms in total. The van der Waals surface area contributed by atoms with Gasteiger partial charge in [-0.05, 0) is 44.2 Å². The van der Waals surface area contributed by atoms with Crippen LogP contribution in [0.5, 0.6) is 0 Å². The number of carbonyl (C=O) groups is 4. The molecule has 3 aliphatic rings. The Morgan fingerprint density at radius 2 is 1.85 bits per heavy atom. The zero-order valence-corrected chi connectivity index (χ0v) is 24.9. The largest absolute Gasteiger partial charge is 0.480 e. The Morgan fingerprint density at radius 3 is 2.44 bits per heavy atom. The number of benzene rings is 1. The summed E-state index contributed by atoms with van der Waals surface area (Å²) in [6.45, 7) is 4.81. The van der Waals surface area contributed by atoms with Crippen molar-refractivity contribution < 1.29 is 29.0 Å². The van der Waals surface area contributed by atoms with Crippen LogP contribution in [0.15, 0.2) is 24.3 Å². The molecule has 2 saturated heterocycles. The summed E-state index contributed by atoms with van der Waals surface area (Å²) >= 11 is 2.56. The fourth-order valence-electron chi connectivity index (χ4n) is 5.78. The number of carbonyl (C=O) groups excluding carboxylic acids is 3. The van der Waals surface area contributed by atoms with Crippen molar-refractivity contribution in [3.63, 3.8) is 0 Å². The first kappa shape index (κ1) is 29.5. The number of rotatable bonds is 10. The van der Waals surface area contributed by atoms with Gasteiger partial charge < -0.3 is 25.8 Å². The predicted molar refractivity (Wildman–Crippen MR) is 157 cm³/mol. The van der Waals surface area contributed by atoms with Gasteiger partial charge in [0.15, 0.2) is 5.01 Å². The summed E-state index contributed by atoms with van der Waals surface area (Å²) in [4.78, 5) is 57.6. The number of nitrogens with zero attached hydrogens (tertiary/aromatic N) is 2. The van der Waals surface area contributed by atoms with Gasteiger partial charge in [-0.2, -0.15) is 0 Å². The molecule has 0 spiro atoms. The van der Waals surface area contributed by atoms with Gasteiger partial charge in [0.2, 0.25) is 5.91 Å². The maximum absolute atomic E-state index is 14.1. The molecule has 2 aliphatic heterocycles. The summed E-state index contributed by atoms with van der Waals surface area (Å²) in [7, 11) is 0. The van der Waals surface area contributed by atoms with Crippen LogP contribution in [0, 0.1) is 11.8 Å². The van der Waals surface area contributed by atoms with Gasteiger partial charge in [-0.1, -0.05) is 32.4 Å². The molecule has 41 heavy (non-hydrogen) atoms. The lowest BCUT2D eigenvalue weighted by atomic mass is 9.85. The highest BCUT2D eigenvalue weighted by Crippen LogP contribution is 2.59. The number of thiazole rings is 1. The second-order valence-electron chi connectivity index (χ2n) is 11.0. The van der Waals surface area contributed by atoms with Crippen molar-refractivity contribution in [3.8, 4) is 11.3 Å². The number of amides is 3. The quantitative estimate of drug-likeness (QED) is 0.372. The van der Waals surface area contributed by atoms with Crippen LogP contribution in [0.25, 0.3) is 11.3 Å². The summed E-state index contributed by atoms with van der Waals surface area (Å²) in [5, 5.41) is 13.4. The molecule has 3 heterocycles. The maximum Gasteiger partial charge on any atom is 0.327 e. The number of carboxylic acids is 1. The molecular weight excluding hydrogens is 564 g/mol. The highest BCUT2D eigenvalue weighted by Gasteiger charge is 2.59. The van der Waals surface area contributed by atoms with E-state index in [0.717, 1.165) is 30.6 Å². The third kappa shape index (κ3) is 5.74. The van der Waals surface area contributed by atoms with Gasteiger partial charge in [0.25, 0.3) is 11.8 Å². The first-order valence-corrected chi connectivity index (χ1v) is 16.0. The van der Waals surface area contributed by atoms with Crippen molar-refractivity contribution in [2.45, 2.75) is 69.3 Å². The number of nitrogens with one attached hydrogen (secondary N) is 1. The van der Waals surface area contributed by atoms with E-state index in [0.29, 0.717) is 54.2 Å². The summed E-state index contributed by atoms with van der Waals surface area (Å²) in [6, 6.07) is 6.19. The normalized spacial score (nSPS) is 23.8. The van der Waals surface area contributed by atoms with Crippen molar-refractivity contribution in [1.82, 2.24) is 15.2 Å². The van der Waals surface area contributed by atoms with E-state index in [1.54, 1.807) is 29.2 Å². The molecule has 3 atom stereocenters. The van der Waals surface area contributed by atoms with Crippen molar-refractivity contribution in [1.29, 1.82) is 0 Å². The van der Waals surface area contributed by atoms with Crippen LogP contribution in [-0.2, 0) is 19.2 Å². The van der Waals surface area contributed by atoms with Crippen molar-refractivity contribution in [3.05, 3.63) is 39.7 Å². The van der Waals surface area contributed by atoms with Gasteiger partial charge in [-0.15, -0.1) is 23.1 Å². The van der Waals surface area contributed by atoms with E-state index in [2.05, 4.69) is 10.3 Å². The van der Waals surface area contributed by atoms with Gasteiger partial charge in [-0.25, -0.2) is 9.78 Å². The van der Waals surface area contributed by atoms with E-state index in [9.17, 15) is 24.3 Å².